The second kappa shape index (κ2) is 5.67. The molecule has 0 saturated heterocycles. The zero-order chi connectivity index (χ0) is 13.8. The second-order valence-corrected chi connectivity index (χ2v) is 5.85. The number of carbonyl (C=O) groups is 1. The van der Waals surface area contributed by atoms with Crippen LogP contribution in [0, 0.1) is 12.3 Å². The lowest BCUT2D eigenvalue weighted by atomic mass is 10.2. The number of sulfonamides is 1. The molecule has 0 aliphatic heterocycles. The predicted octanol–water partition coefficient (Wildman–Crippen LogP) is 0.300. The van der Waals surface area contributed by atoms with E-state index < -0.39 is 10.0 Å². The Hall–Kier alpha value is -1.84. The fourth-order valence-electron chi connectivity index (χ4n) is 1.22. The normalized spacial score (nSPS) is 11.0. The average molecular weight is 266 g/mol. The number of hydrogen-bond donors (Lipinski definition) is 1. The van der Waals surface area contributed by atoms with E-state index in [1.165, 1.54) is 38.4 Å². The number of hydrogen-bond acceptors (Lipinski definition) is 3. The minimum atomic E-state index is -3.47. The summed E-state index contributed by atoms with van der Waals surface area (Å²) in [6.45, 7) is 0.135. The van der Waals surface area contributed by atoms with Gasteiger partial charge in [-0.25, -0.2) is 12.7 Å². The lowest BCUT2D eigenvalue weighted by molar-refractivity contribution is 0.0958. The van der Waals surface area contributed by atoms with Crippen LogP contribution in [0.25, 0.3) is 0 Å². The van der Waals surface area contributed by atoms with Crippen molar-refractivity contribution in [2.45, 2.75) is 4.90 Å². The molecule has 6 heteroatoms. The van der Waals surface area contributed by atoms with Gasteiger partial charge in [-0.3, -0.25) is 4.79 Å². The third-order valence-electron chi connectivity index (χ3n) is 2.25. The van der Waals surface area contributed by atoms with Crippen LogP contribution in [-0.4, -0.2) is 39.3 Å². The summed E-state index contributed by atoms with van der Waals surface area (Å²) in [6, 6.07) is 5.67. The van der Waals surface area contributed by atoms with E-state index in [0.717, 1.165) is 4.31 Å². The molecular weight excluding hydrogens is 252 g/mol. The lowest BCUT2D eigenvalue weighted by Gasteiger charge is -2.11. The number of nitrogens with zero attached hydrogens (tertiary/aromatic N) is 1. The highest BCUT2D eigenvalue weighted by Gasteiger charge is 2.17. The summed E-state index contributed by atoms with van der Waals surface area (Å²) in [6.07, 6.45) is 5.02. The molecule has 0 bridgehead atoms. The zero-order valence-electron chi connectivity index (χ0n) is 10.2. The SMILES string of the molecule is C#CCNC(=O)c1ccc(S(=O)(=O)N(C)C)cc1. The van der Waals surface area contributed by atoms with Crippen molar-refractivity contribution in [3.05, 3.63) is 29.8 Å². The Morgan fingerprint density at radius 1 is 1.33 bits per heavy atom. The van der Waals surface area contributed by atoms with Gasteiger partial charge >= 0.3 is 0 Å². The van der Waals surface area contributed by atoms with Crippen molar-refractivity contribution < 1.29 is 13.2 Å². The molecule has 0 aliphatic rings. The van der Waals surface area contributed by atoms with E-state index in [1.807, 2.05) is 0 Å². The van der Waals surface area contributed by atoms with Crippen molar-refractivity contribution in [1.82, 2.24) is 9.62 Å². The Labute approximate surface area is 107 Å². The predicted molar refractivity (Wildman–Crippen MR) is 68.5 cm³/mol. The highest BCUT2D eigenvalue weighted by atomic mass is 32.2. The van der Waals surface area contributed by atoms with Gasteiger partial charge in [0.15, 0.2) is 0 Å². The first-order valence-corrected chi connectivity index (χ1v) is 6.58. The molecular formula is C12H14N2O3S. The first-order chi connectivity index (χ1) is 8.39. The molecule has 0 fully saturated rings. The minimum Gasteiger partial charge on any atom is -0.341 e. The molecule has 96 valence electrons. The zero-order valence-corrected chi connectivity index (χ0v) is 11.0. The van der Waals surface area contributed by atoms with Crippen molar-refractivity contribution in [3.63, 3.8) is 0 Å². The maximum Gasteiger partial charge on any atom is 0.252 e. The van der Waals surface area contributed by atoms with Crippen molar-refractivity contribution in [3.8, 4) is 12.3 Å². The van der Waals surface area contributed by atoms with E-state index in [0.29, 0.717) is 5.56 Å². The van der Waals surface area contributed by atoms with Crippen LogP contribution in [-0.2, 0) is 10.0 Å². The van der Waals surface area contributed by atoms with Gasteiger partial charge in [0.05, 0.1) is 11.4 Å². The molecule has 0 aromatic heterocycles. The molecule has 1 amide bonds. The first kappa shape index (κ1) is 14.2. The smallest absolute Gasteiger partial charge is 0.252 e. The van der Waals surface area contributed by atoms with Crippen molar-refractivity contribution >= 4 is 15.9 Å². The molecule has 0 atom stereocenters. The van der Waals surface area contributed by atoms with Gasteiger partial charge in [0.2, 0.25) is 10.0 Å². The van der Waals surface area contributed by atoms with E-state index in [1.54, 1.807) is 0 Å². The molecule has 5 nitrogen and oxygen atoms in total. The van der Waals surface area contributed by atoms with Crippen LogP contribution in [0.3, 0.4) is 0 Å². The Morgan fingerprint density at radius 2 is 1.89 bits per heavy atom. The third-order valence-corrected chi connectivity index (χ3v) is 4.08. The Bertz CT molecular complexity index is 568. The van der Waals surface area contributed by atoms with E-state index >= 15 is 0 Å². The maximum atomic E-state index is 11.8. The molecule has 1 aromatic carbocycles. The van der Waals surface area contributed by atoms with E-state index in [4.69, 9.17) is 6.42 Å². The van der Waals surface area contributed by atoms with Crippen LogP contribution in [0.1, 0.15) is 10.4 Å². The average Bonchev–Trinajstić information content (AvgIpc) is 2.35. The molecule has 0 saturated carbocycles. The number of amides is 1. The van der Waals surface area contributed by atoms with E-state index in [9.17, 15) is 13.2 Å². The molecule has 0 spiro atoms. The number of nitrogens with one attached hydrogen (secondary N) is 1. The maximum absolute atomic E-state index is 11.8. The van der Waals surface area contributed by atoms with Crippen LogP contribution < -0.4 is 5.32 Å². The van der Waals surface area contributed by atoms with Gasteiger partial charge in [0.1, 0.15) is 0 Å². The number of benzene rings is 1. The van der Waals surface area contributed by atoms with E-state index in [2.05, 4.69) is 11.2 Å². The van der Waals surface area contributed by atoms with Gasteiger partial charge in [0.25, 0.3) is 5.91 Å². The fraction of sp³-hybridized carbons (Fsp3) is 0.250. The van der Waals surface area contributed by atoms with Crippen molar-refractivity contribution in [2.75, 3.05) is 20.6 Å². The van der Waals surface area contributed by atoms with Crippen LogP contribution in [0.2, 0.25) is 0 Å². The Morgan fingerprint density at radius 3 is 2.33 bits per heavy atom. The van der Waals surface area contributed by atoms with Gasteiger partial charge in [-0.15, -0.1) is 6.42 Å². The largest absolute Gasteiger partial charge is 0.341 e. The van der Waals surface area contributed by atoms with Crippen LogP contribution in [0.15, 0.2) is 29.2 Å². The summed E-state index contributed by atoms with van der Waals surface area (Å²) in [5.74, 6) is 1.95. The summed E-state index contributed by atoms with van der Waals surface area (Å²) in [5, 5.41) is 2.49. The quantitative estimate of drug-likeness (QED) is 0.797. The summed E-state index contributed by atoms with van der Waals surface area (Å²) >= 11 is 0. The third kappa shape index (κ3) is 3.09. The van der Waals surface area contributed by atoms with Crippen LogP contribution in [0.5, 0.6) is 0 Å². The number of rotatable bonds is 4. The molecule has 0 heterocycles. The summed E-state index contributed by atoms with van der Waals surface area (Å²) < 4.78 is 24.7. The monoisotopic (exact) mass is 266 g/mol. The first-order valence-electron chi connectivity index (χ1n) is 5.14. The van der Waals surface area contributed by atoms with Gasteiger partial charge in [-0.2, -0.15) is 0 Å². The van der Waals surface area contributed by atoms with Crippen LogP contribution in [0.4, 0.5) is 0 Å². The number of carbonyl (C=O) groups excluding carboxylic acids is 1. The van der Waals surface area contributed by atoms with Crippen molar-refractivity contribution in [2.24, 2.45) is 0 Å². The fourth-order valence-corrected chi connectivity index (χ4v) is 2.12. The topological polar surface area (TPSA) is 66.5 Å². The summed E-state index contributed by atoms with van der Waals surface area (Å²) in [5.41, 5.74) is 0.364. The molecule has 0 aliphatic carbocycles. The molecule has 1 N–H and O–H groups in total. The Balaban J connectivity index is 2.94. The molecule has 0 radical (unpaired) electrons. The van der Waals surface area contributed by atoms with Gasteiger partial charge < -0.3 is 5.32 Å². The second-order valence-electron chi connectivity index (χ2n) is 3.70. The molecule has 1 rings (SSSR count). The van der Waals surface area contributed by atoms with Gasteiger partial charge in [0, 0.05) is 19.7 Å². The Kier molecular flexibility index (Phi) is 4.48. The summed E-state index contributed by atoms with van der Waals surface area (Å²) in [7, 11) is -0.572. The minimum absolute atomic E-state index is 0.135. The van der Waals surface area contributed by atoms with Crippen molar-refractivity contribution in [1.29, 1.82) is 0 Å². The highest BCUT2D eigenvalue weighted by Crippen LogP contribution is 2.13. The van der Waals surface area contributed by atoms with Crippen LogP contribution >= 0.6 is 0 Å². The highest BCUT2D eigenvalue weighted by molar-refractivity contribution is 7.89. The van der Waals surface area contributed by atoms with Gasteiger partial charge in [-0.05, 0) is 24.3 Å². The molecule has 18 heavy (non-hydrogen) atoms. The summed E-state index contributed by atoms with van der Waals surface area (Å²) in [4.78, 5) is 11.7. The lowest BCUT2D eigenvalue weighted by Crippen LogP contribution is -2.24. The number of terminal acetylenes is 1. The standard InChI is InChI=1S/C12H14N2O3S/c1-4-9-13-12(15)10-5-7-11(8-6-10)18(16,17)14(2)3/h1,5-8H,9H2,2-3H3,(H,13,15). The molecule has 0 unspecified atom stereocenters. The molecule has 1 aromatic rings. The van der Waals surface area contributed by atoms with E-state index in [-0.39, 0.29) is 17.3 Å². The van der Waals surface area contributed by atoms with Gasteiger partial charge in [-0.1, -0.05) is 5.92 Å².